The maximum atomic E-state index is 12.4. The number of nitrogens with zero attached hydrogens (tertiary/aromatic N) is 1. The Morgan fingerprint density at radius 3 is 2.54 bits per heavy atom. The van der Waals surface area contributed by atoms with Crippen molar-refractivity contribution in [1.29, 1.82) is 5.26 Å². The molecule has 1 aliphatic rings. The fraction of sp³-hybridized carbons (Fsp3) is 0.111. The Kier molecular flexibility index (Phi) is 6.95. The Hall–Kier alpha value is -4.41. The molecule has 0 radical (unpaired) electrons. The smallest absolute Gasteiger partial charge is 0.336 e. The third-order valence-electron chi connectivity index (χ3n) is 5.46. The molecule has 3 aromatic rings. The zero-order valence-corrected chi connectivity index (χ0v) is 19.7. The van der Waals surface area contributed by atoms with Gasteiger partial charge in [0, 0.05) is 28.3 Å². The second-order valence-electron chi connectivity index (χ2n) is 7.51. The summed E-state index contributed by atoms with van der Waals surface area (Å²) in [7, 11) is 3.10. The van der Waals surface area contributed by atoms with Gasteiger partial charge in [0.2, 0.25) is 5.88 Å². The molecule has 0 fully saturated rings. The van der Waals surface area contributed by atoms with Gasteiger partial charge in [-0.25, -0.2) is 4.79 Å². The highest BCUT2D eigenvalue weighted by molar-refractivity contribution is 6.32. The highest BCUT2D eigenvalue weighted by Gasteiger charge is 2.33. The van der Waals surface area contributed by atoms with Crippen molar-refractivity contribution in [3.05, 3.63) is 99.9 Å². The Balaban J connectivity index is 1.67. The van der Waals surface area contributed by atoms with E-state index < -0.39 is 11.9 Å². The van der Waals surface area contributed by atoms with Gasteiger partial charge in [0.25, 0.3) is 0 Å². The molecule has 1 heterocycles. The SMILES string of the molecule is COc1ccc(OC)c(C2C(C#N)=C(N)Oc3cc(OC(=O)/C=C/c4ccccc4Cl)ccc32)c1. The quantitative estimate of drug-likeness (QED) is 0.289. The number of hydrogen-bond acceptors (Lipinski definition) is 7. The zero-order valence-electron chi connectivity index (χ0n) is 18.9. The summed E-state index contributed by atoms with van der Waals surface area (Å²) in [5, 5.41) is 10.4. The lowest BCUT2D eigenvalue weighted by molar-refractivity contribution is -0.128. The first-order valence-corrected chi connectivity index (χ1v) is 10.9. The summed E-state index contributed by atoms with van der Waals surface area (Å²) in [6, 6.07) is 19.5. The van der Waals surface area contributed by atoms with Crippen LogP contribution in [-0.4, -0.2) is 20.2 Å². The maximum Gasteiger partial charge on any atom is 0.336 e. The topological polar surface area (TPSA) is 104 Å². The Morgan fingerprint density at radius 2 is 1.83 bits per heavy atom. The molecular weight excluding hydrogens is 468 g/mol. The number of methoxy groups -OCH3 is 2. The molecule has 0 spiro atoms. The molecule has 2 N–H and O–H groups in total. The average molecular weight is 489 g/mol. The summed E-state index contributed by atoms with van der Waals surface area (Å²) in [5.41, 5.74) is 8.37. The number of nitrogens with two attached hydrogens (primary N) is 1. The van der Waals surface area contributed by atoms with E-state index >= 15 is 0 Å². The van der Waals surface area contributed by atoms with E-state index in [1.807, 2.05) is 6.07 Å². The molecular formula is C27H21ClN2O5. The van der Waals surface area contributed by atoms with Gasteiger partial charge in [0.1, 0.15) is 34.6 Å². The van der Waals surface area contributed by atoms with E-state index in [-0.39, 0.29) is 17.2 Å². The standard InChI is InChI=1S/C27H21ClN2O5/c1-32-17-9-11-23(33-2)20(13-17)26-19-10-8-18(14-24(19)35-27(30)21(26)15-29)34-25(31)12-7-16-5-3-4-6-22(16)28/h3-14,26H,30H2,1-2H3/b12-7+. The highest BCUT2D eigenvalue weighted by Crippen LogP contribution is 2.46. The fourth-order valence-corrected chi connectivity index (χ4v) is 4.00. The van der Waals surface area contributed by atoms with Gasteiger partial charge in [-0.2, -0.15) is 5.26 Å². The Labute approximate surface area is 207 Å². The van der Waals surface area contributed by atoms with E-state index in [4.69, 9.17) is 36.3 Å². The van der Waals surface area contributed by atoms with Crippen LogP contribution in [0.4, 0.5) is 0 Å². The summed E-state index contributed by atoms with van der Waals surface area (Å²) >= 11 is 6.11. The minimum atomic E-state index is -0.590. The van der Waals surface area contributed by atoms with Gasteiger partial charge >= 0.3 is 5.97 Å². The van der Waals surface area contributed by atoms with Crippen LogP contribution in [0.2, 0.25) is 5.02 Å². The molecule has 35 heavy (non-hydrogen) atoms. The number of rotatable bonds is 6. The number of hydrogen-bond donors (Lipinski definition) is 1. The van der Waals surface area contributed by atoms with Gasteiger partial charge in [0.15, 0.2) is 0 Å². The number of halogens is 1. The molecule has 3 aromatic carbocycles. The van der Waals surface area contributed by atoms with Crippen LogP contribution in [0.5, 0.6) is 23.0 Å². The Morgan fingerprint density at radius 1 is 1.06 bits per heavy atom. The summed E-state index contributed by atoms with van der Waals surface area (Å²) in [6.07, 6.45) is 2.86. The highest BCUT2D eigenvalue weighted by atomic mass is 35.5. The average Bonchev–Trinajstić information content (AvgIpc) is 2.87. The molecule has 7 nitrogen and oxygen atoms in total. The van der Waals surface area contributed by atoms with E-state index in [1.165, 1.54) is 6.08 Å². The van der Waals surface area contributed by atoms with E-state index in [0.29, 0.717) is 39.0 Å². The molecule has 0 aromatic heterocycles. The van der Waals surface area contributed by atoms with Crippen molar-refractivity contribution in [2.45, 2.75) is 5.92 Å². The second-order valence-corrected chi connectivity index (χ2v) is 7.92. The first-order chi connectivity index (χ1) is 16.9. The molecule has 0 saturated heterocycles. The maximum absolute atomic E-state index is 12.4. The van der Waals surface area contributed by atoms with E-state index in [2.05, 4.69) is 6.07 Å². The lowest BCUT2D eigenvalue weighted by Crippen LogP contribution is -2.21. The van der Waals surface area contributed by atoms with Crippen LogP contribution >= 0.6 is 11.6 Å². The number of allylic oxidation sites excluding steroid dienone is 1. The minimum absolute atomic E-state index is 0.0445. The Bertz CT molecular complexity index is 1390. The largest absolute Gasteiger partial charge is 0.497 e. The zero-order chi connectivity index (χ0) is 24.9. The molecule has 1 atom stereocenters. The van der Waals surface area contributed by atoms with Gasteiger partial charge in [0.05, 0.1) is 20.1 Å². The molecule has 176 valence electrons. The van der Waals surface area contributed by atoms with Gasteiger partial charge in [-0.1, -0.05) is 35.9 Å². The second kappa shape index (κ2) is 10.2. The van der Waals surface area contributed by atoms with Gasteiger partial charge < -0.3 is 24.7 Å². The number of esters is 1. The summed E-state index contributed by atoms with van der Waals surface area (Å²) in [6.45, 7) is 0. The molecule has 0 saturated carbocycles. The third-order valence-corrected chi connectivity index (χ3v) is 5.81. The normalized spacial score (nSPS) is 14.6. The van der Waals surface area contributed by atoms with Crippen LogP contribution in [0.15, 0.2) is 78.2 Å². The summed E-state index contributed by atoms with van der Waals surface area (Å²) in [4.78, 5) is 12.4. The van der Waals surface area contributed by atoms with Crippen LogP contribution in [0.3, 0.4) is 0 Å². The molecule has 1 unspecified atom stereocenters. The molecule has 4 rings (SSSR count). The van der Waals surface area contributed by atoms with Crippen LogP contribution in [0.1, 0.15) is 22.6 Å². The van der Waals surface area contributed by atoms with Crippen LogP contribution in [0.25, 0.3) is 6.08 Å². The van der Waals surface area contributed by atoms with Gasteiger partial charge in [-0.05, 0) is 42.0 Å². The lowest BCUT2D eigenvalue weighted by Gasteiger charge is -2.28. The monoisotopic (exact) mass is 488 g/mol. The van der Waals surface area contributed by atoms with Crippen molar-refractivity contribution in [2.24, 2.45) is 5.73 Å². The van der Waals surface area contributed by atoms with Crippen LogP contribution < -0.4 is 24.7 Å². The van der Waals surface area contributed by atoms with Crippen molar-refractivity contribution >= 4 is 23.6 Å². The first kappa shape index (κ1) is 23.7. The summed E-state index contributed by atoms with van der Waals surface area (Å²) in [5.74, 6) is 0.562. The fourth-order valence-electron chi connectivity index (χ4n) is 3.80. The lowest BCUT2D eigenvalue weighted by atomic mass is 9.83. The first-order valence-electron chi connectivity index (χ1n) is 10.5. The van der Waals surface area contributed by atoms with Crippen molar-refractivity contribution in [3.8, 4) is 29.1 Å². The number of nitriles is 1. The number of ether oxygens (including phenoxy) is 4. The predicted molar refractivity (Wildman–Crippen MR) is 131 cm³/mol. The van der Waals surface area contributed by atoms with Gasteiger partial charge in [-0.15, -0.1) is 0 Å². The summed E-state index contributed by atoms with van der Waals surface area (Å²) < 4.78 is 22.1. The van der Waals surface area contributed by atoms with Crippen LogP contribution in [-0.2, 0) is 4.79 Å². The molecule has 0 amide bonds. The molecule has 0 aliphatic carbocycles. The van der Waals surface area contributed by atoms with Crippen molar-refractivity contribution in [3.63, 3.8) is 0 Å². The number of carbonyl (C=O) groups is 1. The van der Waals surface area contributed by atoms with Crippen LogP contribution in [0, 0.1) is 11.3 Å². The van der Waals surface area contributed by atoms with E-state index in [0.717, 1.165) is 0 Å². The molecule has 8 heteroatoms. The third kappa shape index (κ3) is 4.93. The van der Waals surface area contributed by atoms with Crippen molar-refractivity contribution in [1.82, 2.24) is 0 Å². The van der Waals surface area contributed by atoms with E-state index in [1.54, 1.807) is 74.9 Å². The number of benzene rings is 3. The minimum Gasteiger partial charge on any atom is -0.497 e. The molecule has 0 bridgehead atoms. The van der Waals surface area contributed by atoms with Crippen molar-refractivity contribution < 1.29 is 23.7 Å². The van der Waals surface area contributed by atoms with Gasteiger partial charge in [-0.3, -0.25) is 0 Å². The predicted octanol–water partition coefficient (Wildman–Crippen LogP) is 5.19. The van der Waals surface area contributed by atoms with E-state index in [9.17, 15) is 10.1 Å². The van der Waals surface area contributed by atoms with Crippen molar-refractivity contribution in [2.75, 3.05) is 14.2 Å². The molecule has 1 aliphatic heterocycles. The number of carbonyl (C=O) groups excluding carboxylic acids is 1. The number of fused-ring (bicyclic) bond motifs is 1.